The van der Waals surface area contributed by atoms with Crippen LogP contribution in [0.3, 0.4) is 0 Å². The lowest BCUT2D eigenvalue weighted by Gasteiger charge is -2.46. The Morgan fingerprint density at radius 3 is 1.38 bits per heavy atom. The molecule has 2 nitrogen and oxygen atoms in total. The highest BCUT2D eigenvalue weighted by Crippen LogP contribution is 2.23. The highest BCUT2D eigenvalue weighted by molar-refractivity contribution is 4.78. The Bertz CT molecular complexity index is 354. The van der Waals surface area contributed by atoms with Gasteiger partial charge in [-0.2, -0.15) is 0 Å². The summed E-state index contributed by atoms with van der Waals surface area (Å²) in [5.74, 6) is 0. The van der Waals surface area contributed by atoms with Crippen molar-refractivity contribution in [2.45, 2.75) is 91.1 Å². The van der Waals surface area contributed by atoms with Crippen LogP contribution >= 0.6 is 0 Å². The molecule has 0 spiro atoms. The van der Waals surface area contributed by atoms with Crippen molar-refractivity contribution in [2.75, 3.05) is 41.3 Å². The Hall–Kier alpha value is -0.600. The highest BCUT2D eigenvalue weighted by atomic mass is 15.5. The first kappa shape index (κ1) is 25.4. The van der Waals surface area contributed by atoms with Gasteiger partial charge in [-0.25, -0.2) is 0 Å². The Balaban J connectivity index is 4.50. The second-order valence-electron chi connectivity index (χ2n) is 9.16. The van der Waals surface area contributed by atoms with Crippen molar-refractivity contribution in [3.05, 3.63) is 24.3 Å². The molecule has 0 radical (unpaired) electrons. The standard InChI is InChI=1S/C24H50N2/c1-8-11-14-15-16-17-18-19-20-21-24(25(4,5)22-12-9-2)26(6,7)23-13-10-3/h9-10,12-13,24H,8,11,14-23H2,1-7H3/q+2. The smallest absolute Gasteiger partial charge is 0.216 e. The molecular formula is C24H50N2+2. The maximum Gasteiger partial charge on any atom is 0.216 e. The summed E-state index contributed by atoms with van der Waals surface area (Å²) in [6, 6.07) is 0. The van der Waals surface area contributed by atoms with E-state index in [0.29, 0.717) is 6.17 Å². The molecule has 0 aromatic carbocycles. The molecule has 154 valence electrons. The lowest BCUT2D eigenvalue weighted by atomic mass is 10.0. The van der Waals surface area contributed by atoms with Crippen molar-refractivity contribution in [3.63, 3.8) is 0 Å². The maximum atomic E-state index is 2.41. The first-order chi connectivity index (χ1) is 12.3. The normalized spacial score (nSPS) is 14.6. The minimum Gasteiger partial charge on any atom is -0.276 e. The van der Waals surface area contributed by atoms with E-state index >= 15 is 0 Å². The Kier molecular flexibility index (Phi) is 14.1. The van der Waals surface area contributed by atoms with Crippen LogP contribution in [0.2, 0.25) is 0 Å². The van der Waals surface area contributed by atoms with Crippen LogP contribution in [0.25, 0.3) is 0 Å². The van der Waals surface area contributed by atoms with Crippen LogP contribution in [0.5, 0.6) is 0 Å². The lowest BCUT2D eigenvalue weighted by Crippen LogP contribution is -2.64. The summed E-state index contributed by atoms with van der Waals surface area (Å²) in [6.45, 7) is 8.81. The van der Waals surface area contributed by atoms with Crippen molar-refractivity contribution in [3.8, 4) is 0 Å². The molecule has 0 aromatic rings. The average molecular weight is 367 g/mol. The zero-order chi connectivity index (χ0) is 19.9. The number of likely N-dealkylation sites (N-methyl/N-ethyl adjacent to an activating group) is 2. The third kappa shape index (κ3) is 11.2. The molecule has 0 fully saturated rings. The SMILES string of the molecule is CC=CC[N+](C)(C)C(CCCCCCCCCCC)[N+](C)(C)CC=CC. The minimum absolute atomic E-state index is 0.645. The van der Waals surface area contributed by atoms with Gasteiger partial charge >= 0.3 is 0 Å². The third-order valence-corrected chi connectivity index (χ3v) is 5.80. The average Bonchev–Trinajstić information content (AvgIpc) is 2.59. The summed E-state index contributed by atoms with van der Waals surface area (Å²) in [4.78, 5) is 0. The molecule has 0 saturated carbocycles. The van der Waals surface area contributed by atoms with Crippen LogP contribution in [0, 0.1) is 0 Å². The van der Waals surface area contributed by atoms with E-state index in [0.717, 1.165) is 22.1 Å². The van der Waals surface area contributed by atoms with Gasteiger partial charge in [-0.15, -0.1) is 0 Å². The molecule has 0 aliphatic rings. The predicted molar refractivity (Wildman–Crippen MR) is 119 cm³/mol. The summed E-state index contributed by atoms with van der Waals surface area (Å²) in [5, 5.41) is 0. The van der Waals surface area contributed by atoms with Gasteiger partial charge < -0.3 is 0 Å². The monoisotopic (exact) mass is 366 g/mol. The minimum atomic E-state index is 0.645. The summed E-state index contributed by atoms with van der Waals surface area (Å²) < 4.78 is 2.15. The number of rotatable bonds is 16. The van der Waals surface area contributed by atoms with E-state index in [2.05, 4.69) is 73.3 Å². The molecule has 26 heavy (non-hydrogen) atoms. The molecule has 0 N–H and O–H groups in total. The van der Waals surface area contributed by atoms with E-state index < -0.39 is 0 Å². The van der Waals surface area contributed by atoms with Crippen molar-refractivity contribution in [1.82, 2.24) is 0 Å². The van der Waals surface area contributed by atoms with E-state index in [1.165, 1.54) is 64.2 Å². The second kappa shape index (κ2) is 14.5. The molecule has 0 unspecified atom stereocenters. The molecule has 2 heteroatoms. The van der Waals surface area contributed by atoms with E-state index in [9.17, 15) is 0 Å². The quantitative estimate of drug-likeness (QED) is 0.126. The van der Waals surface area contributed by atoms with Crippen LogP contribution in [0.15, 0.2) is 24.3 Å². The fourth-order valence-electron chi connectivity index (χ4n) is 4.18. The summed E-state index contributed by atoms with van der Waals surface area (Å²) >= 11 is 0. The van der Waals surface area contributed by atoms with E-state index in [1.807, 2.05) is 0 Å². The van der Waals surface area contributed by atoms with E-state index in [1.54, 1.807) is 0 Å². The summed E-state index contributed by atoms with van der Waals surface area (Å²) in [5.41, 5.74) is 0. The Morgan fingerprint density at radius 1 is 0.615 bits per heavy atom. The number of hydrogen-bond acceptors (Lipinski definition) is 0. The molecule has 0 saturated heterocycles. The first-order valence-corrected chi connectivity index (χ1v) is 11.2. The first-order valence-electron chi connectivity index (χ1n) is 11.2. The predicted octanol–water partition coefficient (Wildman–Crippen LogP) is 6.54. The third-order valence-electron chi connectivity index (χ3n) is 5.80. The number of unbranched alkanes of at least 4 members (excludes halogenated alkanes) is 8. The molecule has 0 aliphatic carbocycles. The highest BCUT2D eigenvalue weighted by Gasteiger charge is 2.39. The van der Waals surface area contributed by atoms with Crippen molar-refractivity contribution in [1.29, 1.82) is 0 Å². The van der Waals surface area contributed by atoms with Crippen LogP contribution in [-0.2, 0) is 0 Å². The van der Waals surface area contributed by atoms with E-state index in [-0.39, 0.29) is 0 Å². The molecule has 0 aliphatic heterocycles. The molecule has 0 amide bonds. The Morgan fingerprint density at radius 2 is 1.00 bits per heavy atom. The molecule has 0 atom stereocenters. The van der Waals surface area contributed by atoms with Gasteiger partial charge in [-0.05, 0) is 32.4 Å². The van der Waals surface area contributed by atoms with Crippen molar-refractivity contribution < 1.29 is 8.97 Å². The fourth-order valence-corrected chi connectivity index (χ4v) is 4.18. The van der Waals surface area contributed by atoms with Gasteiger partial charge in [0.2, 0.25) is 6.17 Å². The molecular weight excluding hydrogens is 316 g/mol. The lowest BCUT2D eigenvalue weighted by molar-refractivity contribution is -1.10. The number of nitrogens with zero attached hydrogens (tertiary/aromatic N) is 2. The number of allylic oxidation sites excluding steroid dienone is 2. The molecule has 0 rings (SSSR count). The fraction of sp³-hybridized carbons (Fsp3) is 0.833. The van der Waals surface area contributed by atoms with Gasteiger partial charge in [0.1, 0.15) is 13.1 Å². The largest absolute Gasteiger partial charge is 0.276 e. The Labute approximate surface area is 166 Å². The van der Waals surface area contributed by atoms with Crippen LogP contribution in [-0.4, -0.2) is 56.4 Å². The second-order valence-corrected chi connectivity index (χ2v) is 9.16. The van der Waals surface area contributed by atoms with Crippen LogP contribution in [0.4, 0.5) is 0 Å². The molecule has 0 bridgehead atoms. The van der Waals surface area contributed by atoms with Crippen LogP contribution < -0.4 is 0 Å². The van der Waals surface area contributed by atoms with Gasteiger partial charge in [0, 0.05) is 0 Å². The van der Waals surface area contributed by atoms with E-state index in [4.69, 9.17) is 0 Å². The zero-order valence-corrected chi connectivity index (χ0v) is 19.3. The van der Waals surface area contributed by atoms with Gasteiger partial charge in [-0.3, -0.25) is 8.97 Å². The van der Waals surface area contributed by atoms with Crippen molar-refractivity contribution in [2.24, 2.45) is 0 Å². The van der Waals surface area contributed by atoms with Gasteiger partial charge in [0.15, 0.2) is 0 Å². The van der Waals surface area contributed by atoms with Crippen LogP contribution in [0.1, 0.15) is 85.0 Å². The van der Waals surface area contributed by atoms with Gasteiger partial charge in [0.25, 0.3) is 0 Å². The van der Waals surface area contributed by atoms with Gasteiger partial charge in [0.05, 0.1) is 34.6 Å². The number of hydrogen-bond donors (Lipinski definition) is 0. The molecule has 0 aromatic heterocycles. The van der Waals surface area contributed by atoms with Crippen molar-refractivity contribution >= 4 is 0 Å². The maximum absolute atomic E-state index is 2.41. The summed E-state index contributed by atoms with van der Waals surface area (Å²) in [7, 11) is 9.64. The molecule has 0 heterocycles. The number of quaternary nitrogens is 2. The van der Waals surface area contributed by atoms with Gasteiger partial charge in [-0.1, -0.05) is 70.4 Å². The summed E-state index contributed by atoms with van der Waals surface area (Å²) in [6.07, 6.45) is 23.7. The topological polar surface area (TPSA) is 0 Å². The zero-order valence-electron chi connectivity index (χ0n) is 19.3.